The SMILES string of the molecule is CC(NCc1cccc(F)c1O)c1cc(F)ccc1F. The molecule has 2 nitrogen and oxygen atoms in total. The lowest BCUT2D eigenvalue weighted by Crippen LogP contribution is -2.19. The predicted octanol–water partition coefficient (Wildman–Crippen LogP) is 3.66. The molecule has 0 amide bonds. The van der Waals surface area contributed by atoms with Crippen LogP contribution in [0.25, 0.3) is 0 Å². The van der Waals surface area contributed by atoms with Crippen molar-refractivity contribution < 1.29 is 18.3 Å². The van der Waals surface area contributed by atoms with Crippen LogP contribution in [0.2, 0.25) is 0 Å². The highest BCUT2D eigenvalue weighted by Crippen LogP contribution is 2.23. The Labute approximate surface area is 114 Å². The highest BCUT2D eigenvalue weighted by molar-refractivity contribution is 5.33. The number of para-hydroxylation sites is 1. The van der Waals surface area contributed by atoms with Gasteiger partial charge in [0.15, 0.2) is 11.6 Å². The van der Waals surface area contributed by atoms with E-state index in [-0.39, 0.29) is 12.1 Å². The van der Waals surface area contributed by atoms with Crippen LogP contribution in [0.3, 0.4) is 0 Å². The average molecular weight is 281 g/mol. The van der Waals surface area contributed by atoms with Gasteiger partial charge in [-0.05, 0) is 31.2 Å². The van der Waals surface area contributed by atoms with Crippen LogP contribution >= 0.6 is 0 Å². The van der Waals surface area contributed by atoms with Crippen molar-refractivity contribution in [1.29, 1.82) is 0 Å². The Balaban J connectivity index is 2.10. The summed E-state index contributed by atoms with van der Waals surface area (Å²) >= 11 is 0. The first-order chi connectivity index (χ1) is 9.49. The van der Waals surface area contributed by atoms with Crippen LogP contribution in [-0.2, 0) is 6.54 Å². The monoisotopic (exact) mass is 281 g/mol. The summed E-state index contributed by atoms with van der Waals surface area (Å²) in [5.41, 5.74) is 0.537. The van der Waals surface area contributed by atoms with Crippen LogP contribution in [0, 0.1) is 17.5 Å². The highest BCUT2D eigenvalue weighted by atomic mass is 19.1. The van der Waals surface area contributed by atoms with Gasteiger partial charge in [0.2, 0.25) is 0 Å². The molecule has 0 saturated heterocycles. The van der Waals surface area contributed by atoms with Crippen LogP contribution < -0.4 is 5.32 Å². The Morgan fingerprint density at radius 3 is 2.60 bits per heavy atom. The number of hydrogen-bond acceptors (Lipinski definition) is 2. The highest BCUT2D eigenvalue weighted by Gasteiger charge is 2.13. The zero-order chi connectivity index (χ0) is 14.7. The van der Waals surface area contributed by atoms with Crippen molar-refractivity contribution in [3.63, 3.8) is 0 Å². The Hall–Kier alpha value is -2.01. The molecule has 106 valence electrons. The van der Waals surface area contributed by atoms with Crippen molar-refractivity contribution in [3.05, 3.63) is 65.0 Å². The number of nitrogens with one attached hydrogen (secondary N) is 1. The minimum absolute atomic E-state index is 0.140. The van der Waals surface area contributed by atoms with Crippen LogP contribution in [0.4, 0.5) is 13.2 Å². The van der Waals surface area contributed by atoms with E-state index in [1.165, 1.54) is 6.07 Å². The van der Waals surface area contributed by atoms with Gasteiger partial charge in [-0.3, -0.25) is 0 Å². The molecule has 2 N–H and O–H groups in total. The summed E-state index contributed by atoms with van der Waals surface area (Å²) in [5.74, 6) is -2.20. The average Bonchev–Trinajstić information content (AvgIpc) is 2.43. The fourth-order valence-corrected chi connectivity index (χ4v) is 1.92. The van der Waals surface area contributed by atoms with Crippen molar-refractivity contribution in [2.75, 3.05) is 0 Å². The third-order valence-electron chi connectivity index (χ3n) is 3.09. The summed E-state index contributed by atoms with van der Waals surface area (Å²) in [6.45, 7) is 1.80. The van der Waals surface area contributed by atoms with Gasteiger partial charge >= 0.3 is 0 Å². The number of phenols is 1. The first-order valence-corrected chi connectivity index (χ1v) is 6.13. The third-order valence-corrected chi connectivity index (χ3v) is 3.09. The molecule has 1 unspecified atom stereocenters. The molecular weight excluding hydrogens is 267 g/mol. The van der Waals surface area contributed by atoms with E-state index in [9.17, 15) is 18.3 Å². The number of rotatable bonds is 4. The van der Waals surface area contributed by atoms with Crippen molar-refractivity contribution in [2.24, 2.45) is 0 Å². The van der Waals surface area contributed by atoms with Crippen LogP contribution in [-0.4, -0.2) is 5.11 Å². The molecule has 0 aromatic heterocycles. The van der Waals surface area contributed by atoms with Gasteiger partial charge in [-0.15, -0.1) is 0 Å². The predicted molar refractivity (Wildman–Crippen MR) is 69.7 cm³/mol. The number of aromatic hydroxyl groups is 1. The van der Waals surface area contributed by atoms with Crippen molar-refractivity contribution in [1.82, 2.24) is 5.32 Å². The molecule has 20 heavy (non-hydrogen) atoms. The summed E-state index contributed by atoms with van der Waals surface area (Å²) < 4.78 is 39.8. The molecule has 2 aromatic carbocycles. The lowest BCUT2D eigenvalue weighted by molar-refractivity contribution is 0.420. The van der Waals surface area contributed by atoms with E-state index >= 15 is 0 Å². The molecular formula is C15H14F3NO. The first kappa shape index (κ1) is 14.4. The van der Waals surface area contributed by atoms with E-state index in [4.69, 9.17) is 0 Å². The quantitative estimate of drug-likeness (QED) is 0.896. The standard InChI is InChI=1S/C15H14F3NO/c1-9(12-7-11(16)5-6-13(12)17)19-8-10-3-2-4-14(18)15(10)20/h2-7,9,19-20H,8H2,1H3. The minimum atomic E-state index is -0.714. The second-order valence-electron chi connectivity index (χ2n) is 4.52. The molecule has 0 aliphatic heterocycles. The van der Waals surface area contributed by atoms with E-state index in [2.05, 4.69) is 5.32 Å². The molecule has 1 atom stereocenters. The summed E-state index contributed by atoms with van der Waals surface area (Å²) in [7, 11) is 0. The summed E-state index contributed by atoms with van der Waals surface area (Å²) in [6.07, 6.45) is 0. The fourth-order valence-electron chi connectivity index (χ4n) is 1.92. The molecule has 0 bridgehead atoms. The summed E-state index contributed by atoms with van der Waals surface area (Å²) in [5, 5.41) is 12.4. The van der Waals surface area contributed by atoms with Gasteiger partial charge in [-0.2, -0.15) is 0 Å². The second-order valence-corrected chi connectivity index (χ2v) is 4.52. The minimum Gasteiger partial charge on any atom is -0.505 e. The second kappa shape index (κ2) is 5.96. The van der Waals surface area contributed by atoms with Crippen LogP contribution in [0.5, 0.6) is 5.75 Å². The van der Waals surface area contributed by atoms with Gasteiger partial charge in [0.05, 0.1) is 0 Å². The summed E-state index contributed by atoms with van der Waals surface area (Å²) in [6, 6.07) is 6.91. The molecule has 2 aromatic rings. The topological polar surface area (TPSA) is 32.3 Å². The van der Waals surface area contributed by atoms with Gasteiger partial charge in [0.25, 0.3) is 0 Å². The number of benzene rings is 2. The number of hydrogen-bond donors (Lipinski definition) is 2. The van der Waals surface area contributed by atoms with Gasteiger partial charge in [0, 0.05) is 23.7 Å². The zero-order valence-corrected chi connectivity index (χ0v) is 10.8. The molecule has 2 rings (SSSR count). The molecule has 0 radical (unpaired) electrons. The Bertz CT molecular complexity index is 616. The van der Waals surface area contributed by atoms with Crippen LogP contribution in [0.15, 0.2) is 36.4 Å². The molecule has 0 saturated carbocycles. The van der Waals surface area contributed by atoms with Gasteiger partial charge in [0.1, 0.15) is 11.6 Å². The maximum atomic E-state index is 13.6. The Morgan fingerprint density at radius 1 is 1.10 bits per heavy atom. The normalized spacial score (nSPS) is 12.4. The van der Waals surface area contributed by atoms with Crippen LogP contribution in [0.1, 0.15) is 24.1 Å². The largest absolute Gasteiger partial charge is 0.505 e. The molecule has 0 aliphatic carbocycles. The molecule has 0 spiro atoms. The third kappa shape index (κ3) is 3.11. The van der Waals surface area contributed by atoms with E-state index in [1.54, 1.807) is 13.0 Å². The fraction of sp³-hybridized carbons (Fsp3) is 0.200. The number of phenolic OH excluding ortho intramolecular Hbond substituents is 1. The zero-order valence-electron chi connectivity index (χ0n) is 10.8. The van der Waals surface area contributed by atoms with Gasteiger partial charge in [-0.25, -0.2) is 13.2 Å². The lowest BCUT2D eigenvalue weighted by Gasteiger charge is -2.16. The molecule has 0 fully saturated rings. The molecule has 5 heteroatoms. The van der Waals surface area contributed by atoms with E-state index < -0.39 is 29.2 Å². The lowest BCUT2D eigenvalue weighted by atomic mass is 10.1. The maximum absolute atomic E-state index is 13.6. The van der Waals surface area contributed by atoms with Crippen molar-refractivity contribution >= 4 is 0 Å². The summed E-state index contributed by atoms with van der Waals surface area (Å²) in [4.78, 5) is 0. The molecule has 0 aliphatic rings. The first-order valence-electron chi connectivity index (χ1n) is 6.13. The van der Waals surface area contributed by atoms with Crippen molar-refractivity contribution in [3.8, 4) is 5.75 Å². The smallest absolute Gasteiger partial charge is 0.165 e. The van der Waals surface area contributed by atoms with E-state index in [0.29, 0.717) is 5.56 Å². The van der Waals surface area contributed by atoms with E-state index in [0.717, 1.165) is 24.3 Å². The Morgan fingerprint density at radius 2 is 1.85 bits per heavy atom. The maximum Gasteiger partial charge on any atom is 0.165 e. The Kier molecular flexibility index (Phi) is 4.29. The number of halogens is 3. The van der Waals surface area contributed by atoms with Gasteiger partial charge < -0.3 is 10.4 Å². The van der Waals surface area contributed by atoms with E-state index in [1.807, 2.05) is 0 Å². The molecule has 0 heterocycles. The van der Waals surface area contributed by atoms with Crippen molar-refractivity contribution in [2.45, 2.75) is 19.5 Å². The van der Waals surface area contributed by atoms with Gasteiger partial charge in [-0.1, -0.05) is 12.1 Å².